The molecule has 118 valence electrons. The number of nitrogens with one attached hydrogen (secondary N) is 1. The summed E-state index contributed by atoms with van der Waals surface area (Å²) < 4.78 is 0. The molecule has 3 fully saturated rings. The minimum atomic E-state index is -0.775. The van der Waals surface area contributed by atoms with E-state index >= 15 is 0 Å². The number of hydrogen-bond donors (Lipinski definition) is 2. The van der Waals surface area contributed by atoms with Crippen molar-refractivity contribution in [3.63, 3.8) is 0 Å². The van der Waals surface area contributed by atoms with E-state index in [9.17, 15) is 9.59 Å². The molecule has 3 aliphatic heterocycles. The molecule has 3 heterocycles. The molecule has 0 aromatic rings. The Morgan fingerprint density at radius 2 is 1.81 bits per heavy atom. The molecule has 2 unspecified atom stereocenters. The van der Waals surface area contributed by atoms with Gasteiger partial charge in [-0.3, -0.25) is 4.79 Å². The molecule has 2 amide bonds. The van der Waals surface area contributed by atoms with E-state index < -0.39 is 5.97 Å². The van der Waals surface area contributed by atoms with E-state index in [-0.39, 0.29) is 24.4 Å². The maximum Gasteiger partial charge on any atom is 0.317 e. The number of likely N-dealkylation sites (tertiary alicyclic amines) is 1. The molecule has 2 bridgehead atoms. The van der Waals surface area contributed by atoms with Crippen LogP contribution in [-0.4, -0.2) is 65.2 Å². The lowest BCUT2D eigenvalue weighted by molar-refractivity contribution is -0.139. The predicted molar refractivity (Wildman–Crippen MR) is 78.1 cm³/mol. The van der Waals surface area contributed by atoms with Crippen molar-refractivity contribution in [3.05, 3.63) is 0 Å². The fourth-order valence-corrected chi connectivity index (χ4v) is 4.11. The number of carbonyl (C=O) groups is 2. The van der Waals surface area contributed by atoms with Gasteiger partial charge in [0.05, 0.1) is 6.42 Å². The second kappa shape index (κ2) is 5.83. The number of carboxylic acid groups (broad SMARTS) is 1. The number of nitrogens with zero attached hydrogens (tertiary/aromatic N) is 2. The van der Waals surface area contributed by atoms with Crippen molar-refractivity contribution in [2.24, 2.45) is 5.92 Å². The summed E-state index contributed by atoms with van der Waals surface area (Å²) in [7, 11) is 2.21. The SMILES string of the molecule is CN1C2CCCC1CC(NC(=O)N1CC(CC(=O)O)C1)C2. The highest BCUT2D eigenvalue weighted by Gasteiger charge is 2.38. The standard InChI is InChI=1S/C15H25N3O3/c1-17-12-3-2-4-13(17)7-11(6-12)16-15(21)18-8-10(9-18)5-14(19)20/h10-13H,2-9H2,1H3,(H,16,21)(H,19,20). The van der Waals surface area contributed by atoms with Crippen molar-refractivity contribution in [2.75, 3.05) is 20.1 Å². The Morgan fingerprint density at radius 3 is 2.38 bits per heavy atom. The summed E-state index contributed by atoms with van der Waals surface area (Å²) in [4.78, 5) is 27.0. The zero-order valence-electron chi connectivity index (χ0n) is 12.6. The van der Waals surface area contributed by atoms with Crippen molar-refractivity contribution < 1.29 is 14.7 Å². The Labute approximate surface area is 125 Å². The van der Waals surface area contributed by atoms with Crippen LogP contribution in [0.25, 0.3) is 0 Å². The van der Waals surface area contributed by atoms with E-state index in [2.05, 4.69) is 17.3 Å². The third kappa shape index (κ3) is 3.15. The number of amides is 2. The number of carboxylic acids is 1. The van der Waals surface area contributed by atoms with E-state index in [1.807, 2.05) is 0 Å². The Bertz CT molecular complexity index is 408. The van der Waals surface area contributed by atoms with Gasteiger partial charge in [0.2, 0.25) is 0 Å². The molecule has 3 rings (SSSR count). The summed E-state index contributed by atoms with van der Waals surface area (Å²) in [5.41, 5.74) is 0. The van der Waals surface area contributed by atoms with Gasteiger partial charge in [0, 0.05) is 37.1 Å². The van der Waals surface area contributed by atoms with Crippen LogP contribution in [-0.2, 0) is 4.79 Å². The fraction of sp³-hybridized carbons (Fsp3) is 0.867. The van der Waals surface area contributed by atoms with Crippen LogP contribution in [0.3, 0.4) is 0 Å². The zero-order chi connectivity index (χ0) is 15.0. The van der Waals surface area contributed by atoms with Crippen LogP contribution in [0.4, 0.5) is 4.79 Å². The molecule has 0 aromatic carbocycles. The van der Waals surface area contributed by atoms with Gasteiger partial charge in [-0.15, -0.1) is 0 Å². The van der Waals surface area contributed by atoms with Gasteiger partial charge in [0.1, 0.15) is 0 Å². The van der Waals surface area contributed by atoms with Crippen LogP contribution >= 0.6 is 0 Å². The Balaban J connectivity index is 1.45. The van der Waals surface area contributed by atoms with Gasteiger partial charge >= 0.3 is 12.0 Å². The molecule has 6 heteroatoms. The van der Waals surface area contributed by atoms with Gasteiger partial charge < -0.3 is 20.2 Å². The molecule has 2 atom stereocenters. The quantitative estimate of drug-likeness (QED) is 0.818. The first-order chi connectivity index (χ1) is 10.0. The van der Waals surface area contributed by atoms with Crippen molar-refractivity contribution in [2.45, 2.75) is 56.7 Å². The predicted octanol–water partition coefficient (Wildman–Crippen LogP) is 1.12. The van der Waals surface area contributed by atoms with Crippen LogP contribution in [0.2, 0.25) is 0 Å². The average molecular weight is 295 g/mol. The first kappa shape index (κ1) is 14.6. The van der Waals surface area contributed by atoms with E-state index in [0.29, 0.717) is 25.2 Å². The molecule has 0 aromatic heterocycles. The highest BCUT2D eigenvalue weighted by atomic mass is 16.4. The number of piperidine rings is 2. The average Bonchev–Trinajstić information content (AvgIpc) is 2.34. The smallest absolute Gasteiger partial charge is 0.317 e. The molecule has 3 saturated heterocycles. The second-order valence-electron chi connectivity index (χ2n) is 6.89. The number of rotatable bonds is 3. The van der Waals surface area contributed by atoms with Gasteiger partial charge in [-0.05, 0) is 32.7 Å². The van der Waals surface area contributed by atoms with Crippen LogP contribution < -0.4 is 5.32 Å². The second-order valence-corrected chi connectivity index (χ2v) is 6.89. The maximum atomic E-state index is 12.2. The number of hydrogen-bond acceptors (Lipinski definition) is 3. The van der Waals surface area contributed by atoms with Crippen molar-refractivity contribution >= 4 is 12.0 Å². The topological polar surface area (TPSA) is 72.9 Å². The summed E-state index contributed by atoms with van der Waals surface area (Å²) in [6, 6.07) is 1.49. The molecule has 21 heavy (non-hydrogen) atoms. The van der Waals surface area contributed by atoms with Crippen LogP contribution in [0.5, 0.6) is 0 Å². The van der Waals surface area contributed by atoms with Crippen molar-refractivity contribution in [1.29, 1.82) is 0 Å². The largest absolute Gasteiger partial charge is 0.481 e. The molecule has 0 aliphatic carbocycles. The Kier molecular flexibility index (Phi) is 4.06. The van der Waals surface area contributed by atoms with Crippen molar-refractivity contribution in [3.8, 4) is 0 Å². The number of carbonyl (C=O) groups excluding carboxylic acids is 1. The lowest BCUT2D eigenvalue weighted by Gasteiger charge is -2.48. The number of aliphatic carboxylic acids is 1. The normalized spacial score (nSPS) is 33.4. The Hall–Kier alpha value is -1.30. The summed E-state index contributed by atoms with van der Waals surface area (Å²) in [6.07, 6.45) is 6.05. The molecular weight excluding hydrogens is 270 g/mol. The molecule has 0 saturated carbocycles. The minimum absolute atomic E-state index is 0.00994. The summed E-state index contributed by atoms with van der Waals surface area (Å²) in [5.74, 6) is -0.645. The first-order valence-corrected chi connectivity index (χ1v) is 8.02. The first-order valence-electron chi connectivity index (χ1n) is 8.02. The molecule has 0 spiro atoms. The van der Waals surface area contributed by atoms with Gasteiger partial charge in [-0.25, -0.2) is 4.79 Å². The summed E-state index contributed by atoms with van der Waals surface area (Å²) in [6.45, 7) is 1.16. The highest BCUT2D eigenvalue weighted by Crippen LogP contribution is 2.32. The lowest BCUT2D eigenvalue weighted by Crippen LogP contribution is -2.59. The lowest BCUT2D eigenvalue weighted by atomic mass is 9.82. The third-order valence-corrected chi connectivity index (χ3v) is 5.38. The van der Waals surface area contributed by atoms with E-state index in [1.54, 1.807) is 4.90 Å². The Morgan fingerprint density at radius 1 is 1.19 bits per heavy atom. The van der Waals surface area contributed by atoms with Crippen molar-refractivity contribution in [1.82, 2.24) is 15.1 Å². The fourth-order valence-electron chi connectivity index (χ4n) is 4.11. The van der Waals surface area contributed by atoms with Crippen LogP contribution in [0.15, 0.2) is 0 Å². The summed E-state index contributed by atoms with van der Waals surface area (Å²) >= 11 is 0. The molecule has 3 aliphatic rings. The molecule has 2 N–H and O–H groups in total. The van der Waals surface area contributed by atoms with E-state index in [4.69, 9.17) is 5.11 Å². The van der Waals surface area contributed by atoms with Gasteiger partial charge in [0.15, 0.2) is 0 Å². The summed E-state index contributed by atoms with van der Waals surface area (Å²) in [5, 5.41) is 11.9. The number of urea groups is 1. The maximum absolute atomic E-state index is 12.2. The zero-order valence-corrected chi connectivity index (χ0v) is 12.6. The van der Waals surface area contributed by atoms with E-state index in [0.717, 1.165) is 12.8 Å². The highest BCUT2D eigenvalue weighted by molar-refractivity contribution is 5.76. The molecule has 6 nitrogen and oxygen atoms in total. The minimum Gasteiger partial charge on any atom is -0.481 e. The van der Waals surface area contributed by atoms with E-state index in [1.165, 1.54) is 19.3 Å². The van der Waals surface area contributed by atoms with Gasteiger partial charge in [-0.1, -0.05) is 6.42 Å². The number of fused-ring (bicyclic) bond motifs is 2. The molecule has 0 radical (unpaired) electrons. The third-order valence-electron chi connectivity index (χ3n) is 5.38. The van der Waals surface area contributed by atoms with Crippen LogP contribution in [0, 0.1) is 5.92 Å². The monoisotopic (exact) mass is 295 g/mol. The molecular formula is C15H25N3O3. The van der Waals surface area contributed by atoms with Gasteiger partial charge in [0.25, 0.3) is 0 Å². The van der Waals surface area contributed by atoms with Crippen LogP contribution in [0.1, 0.15) is 38.5 Å². The van der Waals surface area contributed by atoms with Gasteiger partial charge in [-0.2, -0.15) is 0 Å².